The van der Waals surface area contributed by atoms with Crippen molar-refractivity contribution in [1.29, 1.82) is 0 Å². The number of aromatic nitrogens is 1. The Bertz CT molecular complexity index is 1880. The standard InChI is InChI=1S/C32H36N2O7S4/c1-4-24(20-31-34(14-8-9-16-44(35,36)37)32-29(43-31)18-22(2)23(3)41-32)19-30-33(15-17-45(38,39)40)27-21-26(12-13-28(27)42-30)25-10-6-5-7-11-25/h5-7,10-13,18-21,23H,4,8-9,14-17H2,1-3H3,(H-,35,36,37,38,39,40)/p+1. The van der Waals surface area contributed by atoms with Crippen LogP contribution in [-0.4, -0.2) is 50.1 Å². The van der Waals surface area contributed by atoms with Gasteiger partial charge in [0.1, 0.15) is 11.0 Å². The Balaban J connectivity index is 1.51. The molecule has 2 N–H and O–H groups in total. The zero-order chi connectivity index (χ0) is 32.4. The van der Waals surface area contributed by atoms with Crippen LogP contribution in [-0.2, 0) is 26.8 Å². The number of nitrogens with zero attached hydrogens (tertiary/aromatic N) is 2. The Kier molecular flexibility index (Phi) is 10.3. The predicted octanol–water partition coefficient (Wildman–Crippen LogP) is 6.69. The second-order valence-electron chi connectivity index (χ2n) is 11.0. The van der Waals surface area contributed by atoms with Crippen LogP contribution in [0.1, 0.15) is 49.9 Å². The van der Waals surface area contributed by atoms with Crippen molar-refractivity contribution in [2.24, 2.45) is 0 Å². The summed E-state index contributed by atoms with van der Waals surface area (Å²) < 4.78 is 73.2. The molecule has 0 aliphatic carbocycles. The van der Waals surface area contributed by atoms with E-state index in [1.807, 2.05) is 55.1 Å². The summed E-state index contributed by atoms with van der Waals surface area (Å²) in [5.74, 6) is 0.0368. The number of thioether (sulfide) groups is 1. The van der Waals surface area contributed by atoms with Crippen molar-refractivity contribution in [3.05, 3.63) is 80.7 Å². The van der Waals surface area contributed by atoms with Crippen molar-refractivity contribution >= 4 is 61.2 Å². The number of ether oxygens (including phenoxy) is 1. The van der Waals surface area contributed by atoms with Gasteiger partial charge in [-0.05, 0) is 73.2 Å². The highest BCUT2D eigenvalue weighted by Crippen LogP contribution is 2.48. The summed E-state index contributed by atoms with van der Waals surface area (Å²) in [6.07, 6.45) is 7.73. The van der Waals surface area contributed by atoms with Gasteiger partial charge in [0.25, 0.3) is 25.2 Å². The van der Waals surface area contributed by atoms with Crippen LogP contribution in [0.2, 0.25) is 0 Å². The molecule has 0 fully saturated rings. The summed E-state index contributed by atoms with van der Waals surface area (Å²) >= 11 is 3.15. The minimum atomic E-state index is -4.19. The van der Waals surface area contributed by atoms with Gasteiger partial charge in [0.15, 0.2) is 6.54 Å². The average Bonchev–Trinajstić information content (AvgIpc) is 3.49. The summed E-state index contributed by atoms with van der Waals surface area (Å²) in [5, 5.41) is 1.80. The van der Waals surface area contributed by atoms with Gasteiger partial charge < -0.3 is 9.64 Å². The Hall–Kier alpha value is -2.94. The molecule has 13 heteroatoms. The number of unbranched alkanes of at least 4 members (excludes halogenated alkanes) is 1. The number of thiazole rings is 1. The number of hydrogen-bond donors (Lipinski definition) is 2. The number of anilines is 1. The van der Waals surface area contributed by atoms with E-state index in [0.717, 1.165) is 53.6 Å². The quantitative estimate of drug-likeness (QED) is 0.122. The first-order chi connectivity index (χ1) is 21.3. The molecule has 45 heavy (non-hydrogen) atoms. The Morgan fingerprint density at radius 2 is 1.76 bits per heavy atom. The molecule has 3 aromatic rings. The molecular formula is C32H37N2O7S4+. The maximum atomic E-state index is 11.8. The van der Waals surface area contributed by atoms with E-state index in [1.165, 1.54) is 0 Å². The maximum Gasteiger partial charge on any atom is 0.387 e. The van der Waals surface area contributed by atoms with Crippen LogP contribution >= 0.6 is 23.1 Å². The molecule has 2 aromatic carbocycles. The second-order valence-corrected chi connectivity index (χ2v) is 16.3. The van der Waals surface area contributed by atoms with Crippen molar-refractivity contribution < 1.29 is 35.2 Å². The summed E-state index contributed by atoms with van der Waals surface area (Å²) in [6.45, 7) is 6.69. The van der Waals surface area contributed by atoms with Crippen LogP contribution in [0, 0.1) is 0 Å². The lowest BCUT2D eigenvalue weighted by atomic mass is 10.0. The lowest BCUT2D eigenvalue weighted by molar-refractivity contribution is -0.699. The molecular weight excluding hydrogens is 653 g/mol. The molecule has 2 aliphatic rings. The first-order valence-corrected chi connectivity index (χ1v) is 19.6. The first kappa shape index (κ1) is 33.4. The topological polar surface area (TPSA) is 125 Å². The second kappa shape index (κ2) is 13.8. The molecule has 5 rings (SSSR count). The van der Waals surface area contributed by atoms with Crippen LogP contribution < -0.4 is 14.2 Å². The van der Waals surface area contributed by atoms with Crippen molar-refractivity contribution in [2.45, 2.75) is 57.6 Å². The largest absolute Gasteiger partial charge is 0.436 e. The normalized spacial score (nSPS) is 17.7. The average molecular weight is 690 g/mol. The molecule has 240 valence electrons. The fourth-order valence-corrected chi connectivity index (χ4v) is 8.47. The predicted molar refractivity (Wildman–Crippen MR) is 182 cm³/mol. The number of fused-ring (bicyclic) bond motifs is 2. The van der Waals surface area contributed by atoms with Gasteiger partial charge in [-0.15, -0.1) is 0 Å². The SMILES string of the molecule is CCC(=Cc1sc2c([n+]1CCCCS(=O)(=O)O)OC(C)C(C)=C2)C=C1Sc2ccc(-c3ccccc3)cc2N1CCS(=O)(=O)O. The van der Waals surface area contributed by atoms with E-state index in [2.05, 4.69) is 41.9 Å². The minimum absolute atomic E-state index is 0.0914. The summed E-state index contributed by atoms with van der Waals surface area (Å²) in [4.78, 5) is 3.93. The maximum absolute atomic E-state index is 11.8. The highest BCUT2D eigenvalue weighted by Gasteiger charge is 2.32. The lowest BCUT2D eigenvalue weighted by Crippen LogP contribution is -2.39. The van der Waals surface area contributed by atoms with E-state index in [4.69, 9.17) is 4.74 Å². The van der Waals surface area contributed by atoms with Gasteiger partial charge in [0, 0.05) is 23.9 Å². The molecule has 1 atom stereocenters. The third-order valence-electron chi connectivity index (χ3n) is 7.70. The van der Waals surface area contributed by atoms with Crippen molar-refractivity contribution in [1.82, 2.24) is 0 Å². The van der Waals surface area contributed by atoms with Gasteiger partial charge in [-0.1, -0.05) is 66.4 Å². The molecule has 0 saturated heterocycles. The summed E-state index contributed by atoms with van der Waals surface area (Å²) in [6, 6.07) is 16.1. The molecule has 0 amide bonds. The van der Waals surface area contributed by atoms with Crippen LogP contribution in [0.4, 0.5) is 5.69 Å². The molecule has 0 spiro atoms. The van der Waals surface area contributed by atoms with Gasteiger partial charge in [0.05, 0.1) is 22.2 Å². The van der Waals surface area contributed by atoms with Crippen molar-refractivity contribution in [3.63, 3.8) is 0 Å². The molecule has 0 saturated carbocycles. The van der Waals surface area contributed by atoms with E-state index >= 15 is 0 Å². The Labute approximate surface area is 273 Å². The highest BCUT2D eigenvalue weighted by molar-refractivity contribution is 8.03. The number of hydrogen-bond acceptors (Lipinski definition) is 8. The molecule has 9 nitrogen and oxygen atoms in total. The van der Waals surface area contributed by atoms with E-state index in [-0.39, 0.29) is 18.4 Å². The zero-order valence-electron chi connectivity index (χ0n) is 25.3. The van der Waals surface area contributed by atoms with Crippen molar-refractivity contribution in [2.75, 3.05) is 23.0 Å². The lowest BCUT2D eigenvalue weighted by Gasteiger charge is -2.20. The number of rotatable bonds is 12. The zero-order valence-corrected chi connectivity index (χ0v) is 28.6. The molecule has 0 radical (unpaired) electrons. The van der Waals surface area contributed by atoms with Gasteiger partial charge in [0.2, 0.25) is 0 Å². The fraction of sp³-hybridized carbons (Fsp3) is 0.344. The molecule has 1 unspecified atom stereocenters. The van der Waals surface area contributed by atoms with E-state index < -0.39 is 26.0 Å². The molecule has 1 aromatic heterocycles. The third kappa shape index (κ3) is 8.46. The van der Waals surface area contributed by atoms with Gasteiger partial charge in [-0.25, -0.2) is 0 Å². The van der Waals surface area contributed by atoms with E-state index in [0.29, 0.717) is 25.8 Å². The smallest absolute Gasteiger partial charge is 0.387 e. The van der Waals surface area contributed by atoms with Gasteiger partial charge >= 0.3 is 5.88 Å². The van der Waals surface area contributed by atoms with E-state index in [9.17, 15) is 25.9 Å². The molecule has 0 bridgehead atoms. The third-order valence-corrected chi connectivity index (χ3v) is 11.4. The monoisotopic (exact) mass is 689 g/mol. The fourth-order valence-electron chi connectivity index (χ4n) is 5.13. The molecule has 2 aliphatic heterocycles. The Morgan fingerprint density at radius 3 is 2.44 bits per heavy atom. The highest BCUT2D eigenvalue weighted by atomic mass is 32.2. The number of allylic oxidation sites excluding steroid dienone is 2. The van der Waals surface area contributed by atoms with Crippen LogP contribution in [0.5, 0.6) is 5.88 Å². The van der Waals surface area contributed by atoms with Gasteiger partial charge in [-0.2, -0.15) is 21.4 Å². The van der Waals surface area contributed by atoms with Crippen LogP contribution in [0.15, 0.2) is 75.7 Å². The molecule has 3 heterocycles. The van der Waals surface area contributed by atoms with E-state index in [1.54, 1.807) is 23.1 Å². The van der Waals surface area contributed by atoms with Gasteiger partial charge in [-0.3, -0.25) is 9.11 Å². The first-order valence-electron chi connectivity index (χ1n) is 14.7. The summed E-state index contributed by atoms with van der Waals surface area (Å²) in [7, 11) is -8.22. The summed E-state index contributed by atoms with van der Waals surface area (Å²) in [5.41, 5.74) is 5.06. The number of benzene rings is 2. The van der Waals surface area contributed by atoms with Crippen LogP contribution in [0.3, 0.4) is 0 Å². The minimum Gasteiger partial charge on any atom is -0.436 e. The van der Waals surface area contributed by atoms with Crippen LogP contribution in [0.25, 0.3) is 23.3 Å². The Morgan fingerprint density at radius 1 is 1.02 bits per heavy atom. The van der Waals surface area contributed by atoms with Crippen molar-refractivity contribution in [3.8, 4) is 17.0 Å².